The molecule has 0 aliphatic heterocycles. The van der Waals surface area contributed by atoms with Gasteiger partial charge in [-0.05, 0) is 57.2 Å². The Hall–Kier alpha value is -2.83. The predicted octanol–water partition coefficient (Wildman–Crippen LogP) is 3.71. The fraction of sp³-hybridized carbons (Fsp3) is 0.522. The number of hydrogen-bond donors (Lipinski definition) is 2. The summed E-state index contributed by atoms with van der Waals surface area (Å²) in [6.07, 6.45) is 3.60. The SMILES string of the molecule is COc1ccc([C@H](C)NC(=O)C2CCC(Nc3nc(C)cc(N(C)C)n3)CC2)cc1. The van der Waals surface area contributed by atoms with E-state index in [0.717, 1.165) is 48.5 Å². The van der Waals surface area contributed by atoms with Crippen LogP contribution in [0.4, 0.5) is 11.8 Å². The van der Waals surface area contributed by atoms with Crippen molar-refractivity contribution >= 4 is 17.7 Å². The summed E-state index contributed by atoms with van der Waals surface area (Å²) in [6.45, 7) is 4.00. The Bertz CT molecular complexity index is 845. The normalized spacial score (nSPS) is 19.6. The molecule has 1 amide bonds. The first kappa shape index (κ1) is 21.9. The van der Waals surface area contributed by atoms with Crippen LogP contribution in [0.25, 0.3) is 0 Å². The third-order valence-electron chi connectivity index (χ3n) is 5.70. The number of nitrogens with zero attached hydrogens (tertiary/aromatic N) is 3. The molecule has 1 saturated carbocycles. The minimum absolute atomic E-state index is 0.0237. The molecule has 1 heterocycles. The second kappa shape index (κ2) is 9.78. The molecule has 0 saturated heterocycles. The molecule has 0 bridgehead atoms. The Balaban J connectivity index is 1.50. The predicted molar refractivity (Wildman–Crippen MR) is 120 cm³/mol. The van der Waals surface area contributed by atoms with Gasteiger partial charge in [-0.3, -0.25) is 4.79 Å². The molecule has 1 atom stereocenters. The van der Waals surface area contributed by atoms with Crippen LogP contribution in [0.2, 0.25) is 0 Å². The Morgan fingerprint density at radius 3 is 2.40 bits per heavy atom. The van der Waals surface area contributed by atoms with Crippen molar-refractivity contribution in [2.24, 2.45) is 5.92 Å². The molecule has 1 aromatic heterocycles. The number of methoxy groups -OCH3 is 1. The van der Waals surface area contributed by atoms with Gasteiger partial charge in [0.05, 0.1) is 13.2 Å². The Labute approximate surface area is 179 Å². The lowest BCUT2D eigenvalue weighted by Crippen LogP contribution is -2.37. The van der Waals surface area contributed by atoms with Gasteiger partial charge in [-0.1, -0.05) is 12.1 Å². The van der Waals surface area contributed by atoms with E-state index >= 15 is 0 Å². The van der Waals surface area contributed by atoms with Gasteiger partial charge in [0.15, 0.2) is 0 Å². The molecule has 1 aliphatic carbocycles. The van der Waals surface area contributed by atoms with Crippen LogP contribution in [0.3, 0.4) is 0 Å². The van der Waals surface area contributed by atoms with Crippen LogP contribution in [0.15, 0.2) is 30.3 Å². The van der Waals surface area contributed by atoms with E-state index in [0.29, 0.717) is 12.0 Å². The molecule has 162 valence electrons. The van der Waals surface area contributed by atoms with Gasteiger partial charge >= 0.3 is 0 Å². The molecule has 7 nitrogen and oxygen atoms in total. The molecule has 2 N–H and O–H groups in total. The van der Waals surface area contributed by atoms with Crippen molar-refractivity contribution in [3.63, 3.8) is 0 Å². The van der Waals surface area contributed by atoms with Gasteiger partial charge in [0.25, 0.3) is 0 Å². The smallest absolute Gasteiger partial charge is 0.225 e. The lowest BCUT2D eigenvalue weighted by Gasteiger charge is -2.29. The number of benzene rings is 1. The summed E-state index contributed by atoms with van der Waals surface area (Å²) in [6, 6.07) is 10.1. The number of amides is 1. The third-order valence-corrected chi connectivity index (χ3v) is 5.70. The largest absolute Gasteiger partial charge is 0.497 e. The maximum Gasteiger partial charge on any atom is 0.225 e. The van der Waals surface area contributed by atoms with Gasteiger partial charge in [0.1, 0.15) is 11.6 Å². The molecule has 0 radical (unpaired) electrons. The van der Waals surface area contributed by atoms with Crippen LogP contribution >= 0.6 is 0 Å². The van der Waals surface area contributed by atoms with E-state index < -0.39 is 0 Å². The second-order valence-electron chi connectivity index (χ2n) is 8.28. The molecule has 7 heteroatoms. The van der Waals surface area contributed by atoms with Gasteiger partial charge < -0.3 is 20.3 Å². The van der Waals surface area contributed by atoms with Crippen molar-refractivity contribution in [3.8, 4) is 5.75 Å². The van der Waals surface area contributed by atoms with E-state index in [1.54, 1.807) is 7.11 Å². The van der Waals surface area contributed by atoms with Gasteiger partial charge in [-0.15, -0.1) is 0 Å². The van der Waals surface area contributed by atoms with Crippen LogP contribution in [0, 0.1) is 12.8 Å². The molecule has 1 aliphatic rings. The number of aryl methyl sites for hydroxylation is 1. The van der Waals surface area contributed by atoms with Crippen molar-refractivity contribution in [1.29, 1.82) is 0 Å². The van der Waals surface area contributed by atoms with Gasteiger partial charge in [0.2, 0.25) is 11.9 Å². The second-order valence-corrected chi connectivity index (χ2v) is 8.28. The molecular formula is C23H33N5O2. The maximum atomic E-state index is 12.7. The fourth-order valence-electron chi connectivity index (χ4n) is 3.84. The first-order valence-corrected chi connectivity index (χ1v) is 10.6. The summed E-state index contributed by atoms with van der Waals surface area (Å²) in [5.74, 6) is 2.57. The number of anilines is 2. The Morgan fingerprint density at radius 2 is 1.80 bits per heavy atom. The first-order chi connectivity index (χ1) is 14.4. The number of ether oxygens (including phenoxy) is 1. The standard InChI is InChI=1S/C23H33N5O2/c1-15-14-21(28(3)4)27-23(24-15)26-19-10-6-18(7-11-19)22(29)25-16(2)17-8-12-20(30-5)13-9-17/h8-9,12-14,16,18-19H,6-7,10-11H2,1-5H3,(H,25,29)(H,24,26,27)/t16-,18?,19?/m0/s1. The van der Waals surface area contributed by atoms with Crippen molar-refractivity contribution in [3.05, 3.63) is 41.6 Å². The summed E-state index contributed by atoms with van der Waals surface area (Å²) in [5, 5.41) is 6.63. The average Bonchev–Trinajstić information content (AvgIpc) is 2.73. The monoisotopic (exact) mass is 411 g/mol. The van der Waals surface area contributed by atoms with E-state index in [1.807, 2.05) is 63.2 Å². The minimum Gasteiger partial charge on any atom is -0.497 e. The molecule has 1 fully saturated rings. The summed E-state index contributed by atoms with van der Waals surface area (Å²) >= 11 is 0. The van der Waals surface area contributed by atoms with Crippen LogP contribution in [0.5, 0.6) is 5.75 Å². The molecule has 3 rings (SSSR count). The lowest BCUT2D eigenvalue weighted by molar-refractivity contribution is -0.126. The maximum absolute atomic E-state index is 12.7. The van der Waals surface area contributed by atoms with Gasteiger partial charge in [-0.2, -0.15) is 4.98 Å². The van der Waals surface area contributed by atoms with Crippen LogP contribution < -0.4 is 20.3 Å². The van der Waals surface area contributed by atoms with E-state index in [-0.39, 0.29) is 17.9 Å². The van der Waals surface area contributed by atoms with Gasteiger partial charge in [0, 0.05) is 37.8 Å². The quantitative estimate of drug-likeness (QED) is 0.723. The zero-order chi connectivity index (χ0) is 21.7. The number of carbonyl (C=O) groups is 1. The lowest BCUT2D eigenvalue weighted by atomic mass is 9.85. The highest BCUT2D eigenvalue weighted by molar-refractivity contribution is 5.79. The fourth-order valence-corrected chi connectivity index (χ4v) is 3.84. The highest BCUT2D eigenvalue weighted by atomic mass is 16.5. The summed E-state index contributed by atoms with van der Waals surface area (Å²) in [4.78, 5) is 23.8. The highest BCUT2D eigenvalue weighted by Gasteiger charge is 2.27. The van der Waals surface area contributed by atoms with Crippen molar-refractivity contribution in [2.75, 3.05) is 31.4 Å². The van der Waals surface area contributed by atoms with E-state index in [9.17, 15) is 4.79 Å². The van der Waals surface area contributed by atoms with Gasteiger partial charge in [-0.25, -0.2) is 4.98 Å². The Morgan fingerprint density at radius 1 is 1.13 bits per heavy atom. The zero-order valence-electron chi connectivity index (χ0n) is 18.6. The molecule has 1 aromatic carbocycles. The topological polar surface area (TPSA) is 79.4 Å². The zero-order valence-corrected chi connectivity index (χ0v) is 18.6. The summed E-state index contributed by atoms with van der Waals surface area (Å²) in [5.41, 5.74) is 2.02. The molecular weight excluding hydrogens is 378 g/mol. The van der Waals surface area contributed by atoms with Crippen molar-refractivity contribution < 1.29 is 9.53 Å². The average molecular weight is 412 g/mol. The van der Waals surface area contributed by atoms with Crippen molar-refractivity contribution in [2.45, 2.75) is 51.6 Å². The van der Waals surface area contributed by atoms with E-state index in [1.165, 1.54) is 0 Å². The summed E-state index contributed by atoms with van der Waals surface area (Å²) in [7, 11) is 5.60. The van der Waals surface area contributed by atoms with Crippen LogP contribution in [-0.4, -0.2) is 43.1 Å². The number of hydrogen-bond acceptors (Lipinski definition) is 6. The van der Waals surface area contributed by atoms with Crippen molar-refractivity contribution in [1.82, 2.24) is 15.3 Å². The van der Waals surface area contributed by atoms with E-state index in [4.69, 9.17) is 4.74 Å². The number of rotatable bonds is 7. The van der Waals surface area contributed by atoms with Crippen LogP contribution in [-0.2, 0) is 4.79 Å². The Kier molecular flexibility index (Phi) is 7.13. The molecule has 2 aromatic rings. The number of carbonyl (C=O) groups excluding carboxylic acids is 1. The molecule has 0 spiro atoms. The van der Waals surface area contributed by atoms with Crippen LogP contribution in [0.1, 0.15) is 49.9 Å². The minimum atomic E-state index is -0.0237. The number of aromatic nitrogens is 2. The highest BCUT2D eigenvalue weighted by Crippen LogP contribution is 2.27. The molecule has 30 heavy (non-hydrogen) atoms. The third kappa shape index (κ3) is 5.62. The summed E-state index contributed by atoms with van der Waals surface area (Å²) < 4.78 is 5.20. The number of nitrogens with one attached hydrogen (secondary N) is 2. The van der Waals surface area contributed by atoms with E-state index in [2.05, 4.69) is 20.6 Å². The first-order valence-electron chi connectivity index (χ1n) is 10.6. The molecule has 0 unspecified atom stereocenters.